The van der Waals surface area contributed by atoms with Crippen molar-refractivity contribution in [1.29, 1.82) is 0 Å². The summed E-state index contributed by atoms with van der Waals surface area (Å²) < 4.78 is 0. The van der Waals surface area contributed by atoms with Crippen LogP contribution in [0.5, 0.6) is 0 Å². The lowest BCUT2D eigenvalue weighted by molar-refractivity contribution is -0.385. The van der Waals surface area contributed by atoms with Crippen LogP contribution in [0, 0.1) is 17.0 Å². The number of hydrogen-bond donors (Lipinski definition) is 1. The number of carbonyl (C=O) groups is 1. The minimum atomic E-state index is -0.438. The molecule has 0 aliphatic rings. The topological polar surface area (TPSA) is 72.2 Å². The van der Waals surface area contributed by atoms with Crippen molar-refractivity contribution in [3.05, 3.63) is 33.9 Å². The number of carbonyl (C=O) groups excluding carboxylic acids is 1. The van der Waals surface area contributed by atoms with Crippen LogP contribution in [0.15, 0.2) is 18.2 Å². The molecule has 1 amide bonds. The first-order valence-corrected chi connectivity index (χ1v) is 6.59. The minimum Gasteiger partial charge on any atom is -0.326 e. The van der Waals surface area contributed by atoms with Crippen LogP contribution in [0.1, 0.15) is 44.6 Å². The fourth-order valence-electron chi connectivity index (χ4n) is 1.82. The number of anilines is 1. The second-order valence-corrected chi connectivity index (χ2v) is 4.62. The first kappa shape index (κ1) is 15.1. The predicted molar refractivity (Wildman–Crippen MR) is 75.2 cm³/mol. The number of rotatable bonds is 7. The fourth-order valence-corrected chi connectivity index (χ4v) is 1.82. The lowest BCUT2D eigenvalue weighted by atomic mass is 10.1. The molecule has 1 N–H and O–H groups in total. The summed E-state index contributed by atoms with van der Waals surface area (Å²) in [7, 11) is 0. The molecule has 1 aromatic rings. The van der Waals surface area contributed by atoms with E-state index in [4.69, 9.17) is 0 Å². The van der Waals surface area contributed by atoms with Gasteiger partial charge in [-0.05, 0) is 19.4 Å². The van der Waals surface area contributed by atoms with Gasteiger partial charge in [-0.15, -0.1) is 0 Å². The van der Waals surface area contributed by atoms with Crippen molar-refractivity contribution in [3.63, 3.8) is 0 Å². The van der Waals surface area contributed by atoms with Gasteiger partial charge in [-0.1, -0.05) is 32.3 Å². The van der Waals surface area contributed by atoms with Crippen LogP contribution >= 0.6 is 0 Å². The van der Waals surface area contributed by atoms with Gasteiger partial charge in [-0.2, -0.15) is 0 Å². The third-order valence-electron chi connectivity index (χ3n) is 2.95. The third-order valence-corrected chi connectivity index (χ3v) is 2.95. The summed E-state index contributed by atoms with van der Waals surface area (Å²) >= 11 is 0. The Morgan fingerprint density at radius 1 is 1.32 bits per heavy atom. The van der Waals surface area contributed by atoms with Gasteiger partial charge in [0.15, 0.2) is 0 Å². The van der Waals surface area contributed by atoms with Crippen LogP contribution in [-0.2, 0) is 4.79 Å². The van der Waals surface area contributed by atoms with Crippen molar-refractivity contribution in [2.75, 3.05) is 5.32 Å². The highest BCUT2D eigenvalue weighted by molar-refractivity contribution is 5.91. The van der Waals surface area contributed by atoms with Crippen molar-refractivity contribution in [1.82, 2.24) is 0 Å². The molecule has 19 heavy (non-hydrogen) atoms. The Morgan fingerprint density at radius 3 is 2.68 bits per heavy atom. The molecule has 0 radical (unpaired) electrons. The molecule has 1 rings (SSSR count). The van der Waals surface area contributed by atoms with E-state index in [0.29, 0.717) is 17.7 Å². The van der Waals surface area contributed by atoms with Crippen LogP contribution in [0.4, 0.5) is 11.4 Å². The maximum absolute atomic E-state index is 11.7. The van der Waals surface area contributed by atoms with Gasteiger partial charge in [-0.3, -0.25) is 14.9 Å². The number of nitrogens with zero attached hydrogens (tertiary/aromatic N) is 1. The van der Waals surface area contributed by atoms with E-state index in [2.05, 4.69) is 12.2 Å². The van der Waals surface area contributed by atoms with Crippen molar-refractivity contribution in [2.24, 2.45) is 0 Å². The molecule has 0 saturated heterocycles. The molecule has 0 aliphatic carbocycles. The number of aryl methyl sites for hydroxylation is 1. The Labute approximate surface area is 113 Å². The van der Waals surface area contributed by atoms with Crippen molar-refractivity contribution < 1.29 is 9.72 Å². The molecular formula is C14H20N2O3. The van der Waals surface area contributed by atoms with Gasteiger partial charge in [0.1, 0.15) is 0 Å². The Morgan fingerprint density at radius 2 is 2.05 bits per heavy atom. The molecule has 0 bridgehead atoms. The third kappa shape index (κ3) is 5.07. The summed E-state index contributed by atoms with van der Waals surface area (Å²) in [5, 5.41) is 13.5. The van der Waals surface area contributed by atoms with Crippen LogP contribution in [-0.4, -0.2) is 10.8 Å². The van der Waals surface area contributed by atoms with Gasteiger partial charge in [0.2, 0.25) is 5.91 Å². The van der Waals surface area contributed by atoms with E-state index < -0.39 is 4.92 Å². The van der Waals surface area contributed by atoms with Gasteiger partial charge in [0.25, 0.3) is 5.69 Å². The number of nitro groups is 1. The Hall–Kier alpha value is -1.91. The van der Waals surface area contributed by atoms with E-state index in [-0.39, 0.29) is 11.6 Å². The lowest BCUT2D eigenvalue weighted by Crippen LogP contribution is -2.11. The van der Waals surface area contributed by atoms with Crippen molar-refractivity contribution in [2.45, 2.75) is 46.0 Å². The van der Waals surface area contributed by atoms with E-state index in [1.54, 1.807) is 19.1 Å². The molecule has 5 nitrogen and oxygen atoms in total. The normalized spacial score (nSPS) is 10.2. The molecule has 0 atom stereocenters. The van der Waals surface area contributed by atoms with Crippen molar-refractivity contribution >= 4 is 17.3 Å². The second kappa shape index (κ2) is 7.51. The average Bonchev–Trinajstić information content (AvgIpc) is 2.36. The van der Waals surface area contributed by atoms with Gasteiger partial charge < -0.3 is 5.32 Å². The number of hydrogen-bond acceptors (Lipinski definition) is 3. The summed E-state index contributed by atoms with van der Waals surface area (Å²) in [6.45, 7) is 3.79. The Bertz CT molecular complexity index is 458. The zero-order valence-electron chi connectivity index (χ0n) is 11.4. The number of nitro benzene ring substituents is 1. The average molecular weight is 264 g/mol. The van der Waals surface area contributed by atoms with Gasteiger partial charge in [-0.25, -0.2) is 0 Å². The molecule has 0 unspecified atom stereocenters. The molecule has 0 fully saturated rings. The molecule has 0 heterocycles. The molecule has 5 heteroatoms. The number of nitrogens with one attached hydrogen (secondary N) is 1. The predicted octanol–water partition coefficient (Wildman–Crippen LogP) is 3.81. The molecule has 104 valence electrons. The quantitative estimate of drug-likeness (QED) is 0.462. The maximum Gasteiger partial charge on any atom is 0.274 e. The minimum absolute atomic E-state index is 0.0313. The monoisotopic (exact) mass is 264 g/mol. The molecule has 1 aromatic carbocycles. The second-order valence-electron chi connectivity index (χ2n) is 4.62. The maximum atomic E-state index is 11.7. The van der Waals surface area contributed by atoms with E-state index >= 15 is 0 Å². The van der Waals surface area contributed by atoms with Crippen LogP contribution in [0.25, 0.3) is 0 Å². The number of benzene rings is 1. The zero-order chi connectivity index (χ0) is 14.3. The highest BCUT2D eigenvalue weighted by Gasteiger charge is 2.12. The van der Waals surface area contributed by atoms with E-state index in [9.17, 15) is 14.9 Å². The molecule has 0 aromatic heterocycles. The molecule has 0 spiro atoms. The fraction of sp³-hybridized carbons (Fsp3) is 0.500. The van der Waals surface area contributed by atoms with Crippen LogP contribution < -0.4 is 5.32 Å². The van der Waals surface area contributed by atoms with Crippen LogP contribution in [0.2, 0.25) is 0 Å². The first-order valence-electron chi connectivity index (χ1n) is 6.59. The van der Waals surface area contributed by atoms with E-state index in [1.165, 1.54) is 6.07 Å². The first-order chi connectivity index (χ1) is 9.04. The van der Waals surface area contributed by atoms with Gasteiger partial charge >= 0.3 is 0 Å². The largest absolute Gasteiger partial charge is 0.326 e. The van der Waals surface area contributed by atoms with Gasteiger partial charge in [0, 0.05) is 23.7 Å². The summed E-state index contributed by atoms with van der Waals surface area (Å²) in [6.07, 6.45) is 4.61. The summed E-state index contributed by atoms with van der Waals surface area (Å²) in [4.78, 5) is 22.0. The van der Waals surface area contributed by atoms with Gasteiger partial charge in [0.05, 0.1) is 4.92 Å². The standard InChI is InChI=1S/C14H20N2O3/c1-3-4-5-6-7-14(17)15-12-9-8-11(2)13(10-12)16(18)19/h8-10H,3-7H2,1-2H3,(H,15,17). The summed E-state index contributed by atoms with van der Waals surface area (Å²) in [6, 6.07) is 4.73. The number of unbranched alkanes of at least 4 members (excludes halogenated alkanes) is 3. The summed E-state index contributed by atoms with van der Waals surface area (Å²) in [5.74, 6) is -0.0887. The molecular weight excluding hydrogens is 244 g/mol. The zero-order valence-corrected chi connectivity index (χ0v) is 11.4. The lowest BCUT2D eigenvalue weighted by Gasteiger charge is -2.06. The smallest absolute Gasteiger partial charge is 0.274 e. The van der Waals surface area contributed by atoms with Crippen LogP contribution in [0.3, 0.4) is 0 Å². The highest BCUT2D eigenvalue weighted by Crippen LogP contribution is 2.22. The Kier molecular flexibility index (Phi) is 5.99. The van der Waals surface area contributed by atoms with Crippen molar-refractivity contribution in [3.8, 4) is 0 Å². The number of amides is 1. The Balaban J connectivity index is 2.55. The SMILES string of the molecule is CCCCCCC(=O)Nc1ccc(C)c([N+](=O)[O-])c1. The van der Waals surface area contributed by atoms with E-state index in [0.717, 1.165) is 25.7 Å². The summed E-state index contributed by atoms with van der Waals surface area (Å²) in [5.41, 5.74) is 1.10. The molecule has 0 saturated carbocycles. The highest BCUT2D eigenvalue weighted by atomic mass is 16.6. The van der Waals surface area contributed by atoms with E-state index in [1.807, 2.05) is 0 Å². The molecule has 0 aliphatic heterocycles.